The predicted octanol–water partition coefficient (Wildman–Crippen LogP) is 13.0. The van der Waals surface area contributed by atoms with E-state index in [9.17, 15) is 14.3 Å². The summed E-state index contributed by atoms with van der Waals surface area (Å²) in [6.07, 6.45) is 44.6. The first kappa shape index (κ1) is 52.7. The zero-order valence-corrected chi connectivity index (χ0v) is 36.9. The lowest BCUT2D eigenvalue weighted by Crippen LogP contribution is -2.37. The van der Waals surface area contributed by atoms with Gasteiger partial charge in [0.05, 0.1) is 34.4 Å². The van der Waals surface area contributed by atoms with Crippen molar-refractivity contribution in [2.45, 2.75) is 193 Å². The van der Waals surface area contributed by atoms with Crippen LogP contribution in [0.2, 0.25) is 0 Å². The van der Waals surface area contributed by atoms with Crippen LogP contribution in [-0.2, 0) is 27.9 Å². The minimum atomic E-state index is -4.27. The molecule has 0 amide bonds. The first-order valence-electron chi connectivity index (χ1n) is 22.2. The zero-order valence-electron chi connectivity index (χ0n) is 36.0. The highest BCUT2D eigenvalue weighted by Gasteiger charge is 2.26. The fourth-order valence-electron chi connectivity index (χ4n) is 6.04. The van der Waals surface area contributed by atoms with Crippen molar-refractivity contribution >= 4 is 13.8 Å². The molecule has 0 aliphatic rings. The van der Waals surface area contributed by atoms with Gasteiger partial charge in [0.1, 0.15) is 19.3 Å². The van der Waals surface area contributed by atoms with E-state index in [4.69, 9.17) is 18.5 Å². The Bertz CT molecular complexity index is 962. The fourth-order valence-corrected chi connectivity index (χ4v) is 6.78. The monoisotopic (exact) mass is 785 g/mol. The molecule has 0 saturated carbocycles. The summed E-state index contributed by atoms with van der Waals surface area (Å²) in [5, 5.41) is 0. The Balaban J connectivity index is 4.21. The summed E-state index contributed by atoms with van der Waals surface area (Å²) in [6.45, 7) is 5.51. The van der Waals surface area contributed by atoms with Gasteiger partial charge in [-0.1, -0.05) is 172 Å². The van der Waals surface area contributed by atoms with Gasteiger partial charge in [-0.05, 0) is 44.9 Å². The molecule has 0 aliphatic carbocycles. The normalized spacial score (nSPS) is 14.1. The Morgan fingerprint density at radius 2 is 1.07 bits per heavy atom. The molecule has 0 aromatic rings. The Kier molecular flexibility index (Phi) is 37.7. The number of hydrogen-bond acceptors (Lipinski definition) is 6. The van der Waals surface area contributed by atoms with Gasteiger partial charge in [0.2, 0.25) is 0 Å². The number of quaternary nitrogens is 1. The van der Waals surface area contributed by atoms with E-state index in [1.165, 1.54) is 116 Å². The summed E-state index contributed by atoms with van der Waals surface area (Å²) in [5.74, 6) is -0.316. The molecule has 0 aromatic carbocycles. The van der Waals surface area contributed by atoms with Gasteiger partial charge in [0, 0.05) is 13.0 Å². The van der Waals surface area contributed by atoms with Crippen molar-refractivity contribution in [3.63, 3.8) is 0 Å². The Morgan fingerprint density at radius 1 is 0.593 bits per heavy atom. The standard InChI is InChI=1S/C45H86NO7P/c1-6-8-10-12-14-16-18-20-22-23-24-25-27-29-31-33-35-37-40-50-42-44(43-52-54(48,49)51-41-39-46(3,4)5)53-45(47)38-36-34-32-30-28-26-21-19-17-15-13-11-9-7-2/h8,10,14,16,20,22,44H,6-7,9,11-13,15,17-19,21,23-43H2,1-5H3/p+1/b10-8-,16-14-,22-20-. The van der Waals surface area contributed by atoms with Gasteiger partial charge in [-0.3, -0.25) is 13.8 Å². The number of ether oxygens (including phenoxy) is 2. The van der Waals surface area contributed by atoms with Gasteiger partial charge in [0.15, 0.2) is 0 Å². The number of allylic oxidation sites excluding steroid dienone is 6. The van der Waals surface area contributed by atoms with Gasteiger partial charge in [-0.15, -0.1) is 0 Å². The molecule has 1 N–H and O–H groups in total. The third kappa shape index (κ3) is 41.9. The molecule has 318 valence electrons. The summed E-state index contributed by atoms with van der Waals surface area (Å²) < 4.78 is 35.0. The summed E-state index contributed by atoms with van der Waals surface area (Å²) in [4.78, 5) is 22.9. The molecule has 0 fully saturated rings. The maximum absolute atomic E-state index is 12.7. The van der Waals surface area contributed by atoms with Crippen LogP contribution in [-0.4, -0.2) is 75.6 Å². The Morgan fingerprint density at radius 3 is 1.61 bits per heavy atom. The minimum Gasteiger partial charge on any atom is -0.457 e. The summed E-state index contributed by atoms with van der Waals surface area (Å²) >= 11 is 0. The first-order chi connectivity index (χ1) is 26.1. The van der Waals surface area contributed by atoms with Crippen LogP contribution in [0.3, 0.4) is 0 Å². The van der Waals surface area contributed by atoms with Crippen LogP contribution in [0.25, 0.3) is 0 Å². The molecule has 2 unspecified atom stereocenters. The second-order valence-corrected chi connectivity index (χ2v) is 17.5. The van der Waals surface area contributed by atoms with Gasteiger partial charge in [-0.2, -0.15) is 0 Å². The average Bonchev–Trinajstić information content (AvgIpc) is 3.12. The van der Waals surface area contributed by atoms with E-state index in [-0.39, 0.29) is 25.8 Å². The highest BCUT2D eigenvalue weighted by molar-refractivity contribution is 7.47. The number of esters is 1. The van der Waals surface area contributed by atoms with E-state index in [1.54, 1.807) is 0 Å². The highest BCUT2D eigenvalue weighted by Crippen LogP contribution is 2.43. The lowest BCUT2D eigenvalue weighted by Gasteiger charge is -2.24. The minimum absolute atomic E-state index is 0.0878. The van der Waals surface area contributed by atoms with Gasteiger partial charge in [-0.25, -0.2) is 4.57 Å². The third-order valence-electron chi connectivity index (χ3n) is 9.47. The summed E-state index contributed by atoms with van der Waals surface area (Å²) in [6, 6.07) is 0. The van der Waals surface area contributed by atoms with Crippen molar-refractivity contribution in [1.82, 2.24) is 0 Å². The van der Waals surface area contributed by atoms with Crippen molar-refractivity contribution in [2.75, 3.05) is 54.1 Å². The molecule has 0 aromatic heterocycles. The SMILES string of the molecule is CC/C=C\C/C=C\C/C=C\CCCCCCCCCCOCC(COP(=O)(O)OCC[N+](C)(C)C)OC(=O)CCCCCCCCCCCCCCCC. The van der Waals surface area contributed by atoms with Crippen molar-refractivity contribution in [3.05, 3.63) is 36.5 Å². The van der Waals surface area contributed by atoms with E-state index >= 15 is 0 Å². The molecule has 0 aliphatic heterocycles. The lowest BCUT2D eigenvalue weighted by molar-refractivity contribution is -0.870. The van der Waals surface area contributed by atoms with Crippen molar-refractivity contribution < 1.29 is 37.3 Å². The molecule has 9 heteroatoms. The number of phosphoric ester groups is 1. The lowest BCUT2D eigenvalue weighted by atomic mass is 10.0. The second kappa shape index (κ2) is 38.6. The number of phosphoric acid groups is 1. The van der Waals surface area contributed by atoms with Crippen LogP contribution in [0.5, 0.6) is 0 Å². The molecule has 0 radical (unpaired) electrons. The largest absolute Gasteiger partial charge is 0.472 e. The molecule has 2 atom stereocenters. The van der Waals surface area contributed by atoms with Gasteiger partial charge >= 0.3 is 13.8 Å². The van der Waals surface area contributed by atoms with E-state index in [0.717, 1.165) is 51.4 Å². The van der Waals surface area contributed by atoms with Crippen LogP contribution < -0.4 is 0 Å². The maximum atomic E-state index is 12.7. The van der Waals surface area contributed by atoms with Crippen LogP contribution in [0.1, 0.15) is 187 Å². The molecule has 0 saturated heterocycles. The molecule has 8 nitrogen and oxygen atoms in total. The topological polar surface area (TPSA) is 91.3 Å². The van der Waals surface area contributed by atoms with Crippen LogP contribution >= 0.6 is 7.82 Å². The predicted molar refractivity (Wildman–Crippen MR) is 229 cm³/mol. The van der Waals surface area contributed by atoms with Crippen LogP contribution in [0, 0.1) is 0 Å². The smallest absolute Gasteiger partial charge is 0.457 e. The zero-order chi connectivity index (χ0) is 39.9. The summed E-state index contributed by atoms with van der Waals surface area (Å²) in [7, 11) is 1.66. The van der Waals surface area contributed by atoms with Crippen LogP contribution in [0.15, 0.2) is 36.5 Å². The van der Waals surface area contributed by atoms with E-state index < -0.39 is 13.9 Å². The maximum Gasteiger partial charge on any atom is 0.472 e. The average molecular weight is 785 g/mol. The second-order valence-electron chi connectivity index (χ2n) is 16.1. The summed E-state index contributed by atoms with van der Waals surface area (Å²) in [5.41, 5.74) is 0. The molecule has 0 spiro atoms. The van der Waals surface area contributed by atoms with E-state index in [1.807, 2.05) is 21.1 Å². The van der Waals surface area contributed by atoms with E-state index in [0.29, 0.717) is 24.1 Å². The Labute approximate surface area is 334 Å². The van der Waals surface area contributed by atoms with Gasteiger partial charge in [0.25, 0.3) is 0 Å². The van der Waals surface area contributed by atoms with Crippen molar-refractivity contribution in [3.8, 4) is 0 Å². The number of nitrogens with zero attached hydrogens (tertiary/aromatic N) is 1. The number of unbranched alkanes of at least 4 members (excludes halogenated alkanes) is 21. The molecule has 0 heterocycles. The van der Waals surface area contributed by atoms with Gasteiger partial charge < -0.3 is 18.9 Å². The first-order valence-corrected chi connectivity index (χ1v) is 23.7. The highest BCUT2D eigenvalue weighted by atomic mass is 31.2. The number of carbonyl (C=O) groups is 1. The number of likely N-dealkylation sites (N-methyl/N-ethyl adjacent to an activating group) is 1. The van der Waals surface area contributed by atoms with E-state index in [2.05, 4.69) is 50.3 Å². The third-order valence-corrected chi connectivity index (χ3v) is 10.5. The molecule has 54 heavy (non-hydrogen) atoms. The van der Waals surface area contributed by atoms with Crippen LogP contribution in [0.4, 0.5) is 0 Å². The molecular weight excluding hydrogens is 697 g/mol. The van der Waals surface area contributed by atoms with Crippen molar-refractivity contribution in [1.29, 1.82) is 0 Å². The quantitative estimate of drug-likeness (QED) is 0.0217. The molecule has 0 rings (SSSR count). The fraction of sp³-hybridized carbons (Fsp3) is 0.844. The molecular formula is C45H87NO7P+. The number of carbonyl (C=O) groups excluding carboxylic acids is 1. The van der Waals surface area contributed by atoms with Crippen molar-refractivity contribution in [2.24, 2.45) is 0 Å². The number of rotatable bonds is 41. The number of hydrogen-bond donors (Lipinski definition) is 1. The molecule has 0 bridgehead atoms. The Hall–Kier alpha value is -1.28.